The number of hydrogen-bond donors (Lipinski definition) is 2. The van der Waals surface area contributed by atoms with Crippen molar-refractivity contribution in [2.24, 2.45) is 11.3 Å². The Hall–Kier alpha value is -2.88. The molecule has 0 amide bonds. The minimum atomic E-state index is -0.619. The van der Waals surface area contributed by atoms with Crippen LogP contribution in [0, 0.1) is 11.3 Å². The predicted octanol–water partition coefficient (Wildman–Crippen LogP) is 6.17. The van der Waals surface area contributed by atoms with Gasteiger partial charge in [0, 0.05) is 12.6 Å². The zero-order valence-electron chi connectivity index (χ0n) is 20.2. The second kappa shape index (κ2) is 10.8. The number of rotatable bonds is 9. The number of aliphatic hydroxyl groups is 1. The molecule has 1 fully saturated rings. The Morgan fingerprint density at radius 1 is 1.27 bits per heavy atom. The highest BCUT2D eigenvalue weighted by Gasteiger charge is 2.33. The van der Waals surface area contributed by atoms with Gasteiger partial charge in [0.15, 0.2) is 0 Å². The average molecular weight is 448 g/mol. The van der Waals surface area contributed by atoms with Gasteiger partial charge in [-0.2, -0.15) is 0 Å². The maximum absolute atomic E-state index is 12.4. The molecule has 1 saturated carbocycles. The third-order valence-electron chi connectivity index (χ3n) is 7.35. The van der Waals surface area contributed by atoms with Crippen LogP contribution in [0.25, 0.3) is 0 Å². The smallest absolute Gasteiger partial charge is 0.233 e. The molecule has 0 spiro atoms. The summed E-state index contributed by atoms with van der Waals surface area (Å²) in [6, 6.07) is 9.99. The molecule has 33 heavy (non-hydrogen) atoms. The molecule has 3 rings (SSSR count). The summed E-state index contributed by atoms with van der Waals surface area (Å²) in [6.07, 6.45) is 9.77. The van der Waals surface area contributed by atoms with Crippen molar-refractivity contribution in [3.8, 4) is 0 Å². The van der Waals surface area contributed by atoms with Gasteiger partial charge in [-0.15, -0.1) is 0 Å². The quantitative estimate of drug-likeness (QED) is 0.270. The second-order valence-electron chi connectivity index (χ2n) is 9.87. The molecule has 2 aliphatic carbocycles. The van der Waals surface area contributed by atoms with Crippen LogP contribution in [-0.2, 0) is 16.0 Å². The monoisotopic (exact) mass is 447 g/mol. The number of Topliss-reactive ketones (excluding diaryl/α,β-unsaturated/α-hetero) is 1. The number of carbonyl (C=O) groups is 2. The molecule has 0 bridgehead atoms. The first kappa shape index (κ1) is 24.8. The van der Waals surface area contributed by atoms with Crippen molar-refractivity contribution < 1.29 is 14.7 Å². The summed E-state index contributed by atoms with van der Waals surface area (Å²) >= 11 is 0. The molecule has 0 aliphatic heterocycles. The summed E-state index contributed by atoms with van der Waals surface area (Å²) < 4.78 is 0. The Balaban J connectivity index is 1.61. The molecule has 4 nitrogen and oxygen atoms in total. The zero-order valence-corrected chi connectivity index (χ0v) is 20.2. The molecule has 0 unspecified atom stereocenters. The van der Waals surface area contributed by atoms with Crippen molar-refractivity contribution in [2.45, 2.75) is 65.7 Å². The fourth-order valence-electron chi connectivity index (χ4n) is 4.86. The third-order valence-corrected chi connectivity index (χ3v) is 7.35. The van der Waals surface area contributed by atoms with Crippen molar-refractivity contribution in [2.75, 3.05) is 6.54 Å². The van der Waals surface area contributed by atoms with Crippen LogP contribution in [0.4, 0.5) is 0 Å². The number of carbonyl (C=O) groups excluding carboxylic acids is 2. The number of benzene rings is 1. The normalized spacial score (nSPS) is 24.2. The standard InChI is InChI=1S/C29H37NO3/c1-20(14-17-29(4)16-8-9-21(2)22(29)3)12-13-24-27(32)25(19-26(31)28(24)33)30-18-15-23-10-6-5-7-11-23/h5-7,10-12,19,21,30,32H,3,8-9,13-18H2,1-2,4H3/t21-,29-/m1/s1. The largest absolute Gasteiger partial charge is 0.505 e. The molecular weight excluding hydrogens is 410 g/mol. The number of aliphatic hydroxyl groups excluding tert-OH is 1. The summed E-state index contributed by atoms with van der Waals surface area (Å²) in [6.45, 7) is 11.6. The van der Waals surface area contributed by atoms with Crippen molar-refractivity contribution in [3.63, 3.8) is 0 Å². The van der Waals surface area contributed by atoms with E-state index in [4.69, 9.17) is 0 Å². The first-order chi connectivity index (χ1) is 15.7. The predicted molar refractivity (Wildman–Crippen MR) is 134 cm³/mol. The molecule has 0 radical (unpaired) electrons. The molecule has 2 N–H and O–H groups in total. The van der Waals surface area contributed by atoms with Crippen molar-refractivity contribution in [3.05, 3.63) is 82.8 Å². The summed E-state index contributed by atoms with van der Waals surface area (Å²) in [5.41, 5.74) is 4.34. The van der Waals surface area contributed by atoms with Crippen molar-refractivity contribution in [1.82, 2.24) is 5.32 Å². The average Bonchev–Trinajstić information content (AvgIpc) is 2.80. The van der Waals surface area contributed by atoms with E-state index in [9.17, 15) is 14.7 Å². The van der Waals surface area contributed by atoms with Crippen molar-refractivity contribution in [1.29, 1.82) is 0 Å². The van der Waals surface area contributed by atoms with Gasteiger partial charge in [0.1, 0.15) is 5.76 Å². The SMILES string of the molecule is C=C1[C@H](C)CCC[C@]1(C)CCC(C)=CCC1=C(O)C(NCCc2ccccc2)=CC(=O)C1=O. The number of hydrogen-bond acceptors (Lipinski definition) is 4. The Labute approximate surface area is 198 Å². The van der Waals surface area contributed by atoms with E-state index in [2.05, 4.69) is 32.7 Å². The van der Waals surface area contributed by atoms with Gasteiger partial charge in [-0.3, -0.25) is 9.59 Å². The Bertz CT molecular complexity index is 999. The zero-order chi connectivity index (χ0) is 24.0. The summed E-state index contributed by atoms with van der Waals surface area (Å²) in [5, 5.41) is 13.8. The van der Waals surface area contributed by atoms with Gasteiger partial charge in [0.25, 0.3) is 0 Å². The molecule has 2 aliphatic rings. The Kier molecular flexibility index (Phi) is 8.12. The van der Waals surface area contributed by atoms with Crippen LogP contribution in [0.1, 0.15) is 64.9 Å². The fourth-order valence-corrected chi connectivity index (χ4v) is 4.86. The molecule has 0 aromatic heterocycles. The van der Waals surface area contributed by atoms with Gasteiger partial charge in [0.2, 0.25) is 11.6 Å². The maximum Gasteiger partial charge on any atom is 0.233 e. The third kappa shape index (κ3) is 6.13. The highest BCUT2D eigenvalue weighted by atomic mass is 16.3. The lowest BCUT2D eigenvalue weighted by molar-refractivity contribution is -0.131. The molecule has 176 valence electrons. The summed E-state index contributed by atoms with van der Waals surface area (Å²) in [5.74, 6) is -0.749. The molecule has 2 atom stereocenters. The first-order valence-corrected chi connectivity index (χ1v) is 12.1. The van der Waals surface area contributed by atoms with Crippen LogP contribution in [0.3, 0.4) is 0 Å². The van der Waals surface area contributed by atoms with Crippen LogP contribution in [0.2, 0.25) is 0 Å². The summed E-state index contributed by atoms with van der Waals surface area (Å²) in [7, 11) is 0. The lowest BCUT2D eigenvalue weighted by Gasteiger charge is -2.40. The molecule has 0 heterocycles. The van der Waals surface area contributed by atoms with Gasteiger partial charge in [-0.05, 0) is 62.3 Å². The van der Waals surface area contributed by atoms with E-state index >= 15 is 0 Å². The second-order valence-corrected chi connectivity index (χ2v) is 9.87. The Morgan fingerprint density at radius 2 is 2.00 bits per heavy atom. The highest BCUT2D eigenvalue weighted by Crippen LogP contribution is 2.46. The fraction of sp³-hybridized carbons (Fsp3) is 0.448. The molecule has 1 aromatic rings. The first-order valence-electron chi connectivity index (χ1n) is 12.1. The molecule has 4 heteroatoms. The van der Waals surface area contributed by atoms with Gasteiger partial charge in [0.05, 0.1) is 11.3 Å². The van der Waals surface area contributed by atoms with E-state index in [1.165, 1.54) is 30.9 Å². The minimum Gasteiger partial charge on any atom is -0.505 e. The van der Waals surface area contributed by atoms with Crippen LogP contribution in [0.15, 0.2) is 77.2 Å². The van der Waals surface area contributed by atoms with Gasteiger partial charge in [-0.1, -0.05) is 74.4 Å². The van der Waals surface area contributed by atoms with Crippen LogP contribution in [-0.4, -0.2) is 23.2 Å². The number of allylic oxidation sites excluding steroid dienone is 5. The maximum atomic E-state index is 12.4. The lowest BCUT2D eigenvalue weighted by Crippen LogP contribution is -2.28. The van der Waals surface area contributed by atoms with Crippen molar-refractivity contribution >= 4 is 11.6 Å². The molecular formula is C29H37NO3. The van der Waals surface area contributed by atoms with Gasteiger partial charge in [-0.25, -0.2) is 0 Å². The number of ketones is 2. The van der Waals surface area contributed by atoms with Gasteiger partial charge < -0.3 is 10.4 Å². The van der Waals surface area contributed by atoms with E-state index < -0.39 is 11.6 Å². The van der Waals surface area contributed by atoms with Gasteiger partial charge >= 0.3 is 0 Å². The van der Waals surface area contributed by atoms with Crippen LogP contribution >= 0.6 is 0 Å². The molecule has 1 aromatic carbocycles. The Morgan fingerprint density at radius 3 is 2.73 bits per heavy atom. The van der Waals surface area contributed by atoms with E-state index in [0.717, 1.165) is 30.4 Å². The molecule has 0 saturated heterocycles. The summed E-state index contributed by atoms with van der Waals surface area (Å²) in [4.78, 5) is 24.7. The minimum absolute atomic E-state index is 0.113. The number of nitrogens with one attached hydrogen (secondary N) is 1. The van der Waals surface area contributed by atoms with E-state index in [1.807, 2.05) is 36.4 Å². The van der Waals surface area contributed by atoms with Crippen LogP contribution < -0.4 is 5.32 Å². The topological polar surface area (TPSA) is 66.4 Å². The van der Waals surface area contributed by atoms with E-state index in [1.54, 1.807) is 0 Å². The van der Waals surface area contributed by atoms with Crippen LogP contribution in [0.5, 0.6) is 0 Å². The van der Waals surface area contributed by atoms with E-state index in [0.29, 0.717) is 18.2 Å². The highest BCUT2D eigenvalue weighted by molar-refractivity contribution is 6.48. The lowest BCUT2D eigenvalue weighted by atomic mass is 9.65. The van der Waals surface area contributed by atoms with E-state index in [-0.39, 0.29) is 23.2 Å².